The first-order valence-electron chi connectivity index (χ1n) is 6.29. The van der Waals surface area contributed by atoms with E-state index in [0.717, 1.165) is 19.4 Å². The first-order valence-corrected chi connectivity index (χ1v) is 6.29. The monoisotopic (exact) mass is 240 g/mol. The van der Waals surface area contributed by atoms with Crippen molar-refractivity contribution in [2.45, 2.75) is 50.8 Å². The average Bonchev–Trinajstić information content (AvgIpc) is 2.26. The molecular formula is C12H20N2O3. The van der Waals surface area contributed by atoms with Crippen molar-refractivity contribution in [3.05, 3.63) is 0 Å². The number of likely N-dealkylation sites (N-methyl/N-ethyl adjacent to an activating group) is 1. The summed E-state index contributed by atoms with van der Waals surface area (Å²) in [4.78, 5) is 24.4. The van der Waals surface area contributed by atoms with Crippen molar-refractivity contribution in [2.75, 3.05) is 13.7 Å². The fraction of sp³-hybridized carbons (Fsp3) is 0.833. The van der Waals surface area contributed by atoms with Gasteiger partial charge in [0.15, 0.2) is 0 Å². The van der Waals surface area contributed by atoms with Gasteiger partial charge in [-0.25, -0.2) is 0 Å². The van der Waals surface area contributed by atoms with Gasteiger partial charge in [-0.2, -0.15) is 0 Å². The summed E-state index contributed by atoms with van der Waals surface area (Å²) in [5.41, 5.74) is 0. The van der Waals surface area contributed by atoms with Crippen LogP contribution in [0.3, 0.4) is 0 Å². The SMILES string of the molecule is CCOC1CC(NC2CCC(=O)N(C)C2=O)C1. The highest BCUT2D eigenvalue weighted by molar-refractivity contribution is 6.00. The van der Waals surface area contributed by atoms with Gasteiger partial charge in [-0.15, -0.1) is 0 Å². The molecule has 0 aromatic heterocycles. The van der Waals surface area contributed by atoms with E-state index in [1.165, 1.54) is 4.90 Å². The van der Waals surface area contributed by atoms with E-state index in [1.54, 1.807) is 7.05 Å². The number of nitrogens with one attached hydrogen (secondary N) is 1. The van der Waals surface area contributed by atoms with Gasteiger partial charge in [0.1, 0.15) is 0 Å². The van der Waals surface area contributed by atoms with Crippen LogP contribution < -0.4 is 5.32 Å². The summed E-state index contributed by atoms with van der Waals surface area (Å²) >= 11 is 0. The van der Waals surface area contributed by atoms with Gasteiger partial charge < -0.3 is 10.1 Å². The van der Waals surface area contributed by atoms with Gasteiger partial charge in [-0.3, -0.25) is 14.5 Å². The van der Waals surface area contributed by atoms with Crippen LogP contribution in [0.4, 0.5) is 0 Å². The van der Waals surface area contributed by atoms with Gasteiger partial charge in [-0.1, -0.05) is 0 Å². The van der Waals surface area contributed by atoms with E-state index in [-0.39, 0.29) is 17.9 Å². The third-order valence-corrected chi connectivity index (χ3v) is 3.58. The maximum atomic E-state index is 11.8. The van der Waals surface area contributed by atoms with Crippen molar-refractivity contribution in [3.63, 3.8) is 0 Å². The minimum absolute atomic E-state index is 0.0751. The van der Waals surface area contributed by atoms with Crippen LogP contribution in [-0.2, 0) is 14.3 Å². The highest BCUT2D eigenvalue weighted by Crippen LogP contribution is 2.25. The van der Waals surface area contributed by atoms with Crippen molar-refractivity contribution in [1.29, 1.82) is 0 Å². The number of rotatable bonds is 4. The van der Waals surface area contributed by atoms with E-state index in [2.05, 4.69) is 5.32 Å². The van der Waals surface area contributed by atoms with E-state index in [9.17, 15) is 9.59 Å². The third kappa shape index (κ3) is 2.66. The Bertz CT molecular complexity index is 313. The molecule has 0 radical (unpaired) electrons. The first-order chi connectivity index (χ1) is 8.11. The third-order valence-electron chi connectivity index (χ3n) is 3.58. The van der Waals surface area contributed by atoms with Gasteiger partial charge in [0.25, 0.3) is 0 Å². The summed E-state index contributed by atoms with van der Waals surface area (Å²) in [5, 5.41) is 3.32. The van der Waals surface area contributed by atoms with Crippen molar-refractivity contribution in [2.24, 2.45) is 0 Å². The molecular weight excluding hydrogens is 220 g/mol. The normalized spacial score (nSPS) is 33.8. The molecule has 0 spiro atoms. The maximum Gasteiger partial charge on any atom is 0.246 e. The minimum atomic E-state index is -0.190. The van der Waals surface area contributed by atoms with Gasteiger partial charge in [-0.05, 0) is 26.2 Å². The summed E-state index contributed by atoms with van der Waals surface area (Å²) in [6.07, 6.45) is 3.36. The Hall–Kier alpha value is -0.940. The van der Waals surface area contributed by atoms with E-state index in [1.807, 2.05) is 6.92 Å². The summed E-state index contributed by atoms with van der Waals surface area (Å²) in [5.74, 6) is -0.171. The van der Waals surface area contributed by atoms with Crippen molar-refractivity contribution < 1.29 is 14.3 Å². The van der Waals surface area contributed by atoms with Crippen LogP contribution in [0.1, 0.15) is 32.6 Å². The van der Waals surface area contributed by atoms with Crippen LogP contribution in [0.25, 0.3) is 0 Å². The molecule has 0 bridgehead atoms. The Balaban J connectivity index is 1.77. The molecule has 96 valence electrons. The molecule has 1 N–H and O–H groups in total. The summed E-state index contributed by atoms with van der Waals surface area (Å²) in [7, 11) is 1.56. The number of hydrogen-bond acceptors (Lipinski definition) is 4. The number of piperidine rings is 1. The molecule has 5 nitrogen and oxygen atoms in total. The van der Waals surface area contributed by atoms with Gasteiger partial charge >= 0.3 is 0 Å². The van der Waals surface area contributed by atoms with Crippen LogP contribution in [0, 0.1) is 0 Å². The van der Waals surface area contributed by atoms with Crippen LogP contribution in [0.5, 0.6) is 0 Å². The number of carbonyl (C=O) groups is 2. The molecule has 1 atom stereocenters. The molecule has 2 fully saturated rings. The van der Waals surface area contributed by atoms with E-state index in [0.29, 0.717) is 25.0 Å². The molecule has 1 aliphatic heterocycles. The Morgan fingerprint density at radius 2 is 2.12 bits per heavy atom. The molecule has 2 aliphatic rings. The second kappa shape index (κ2) is 5.14. The van der Waals surface area contributed by atoms with Gasteiger partial charge in [0, 0.05) is 26.1 Å². The topological polar surface area (TPSA) is 58.6 Å². The van der Waals surface area contributed by atoms with Crippen LogP contribution >= 0.6 is 0 Å². The highest BCUT2D eigenvalue weighted by Gasteiger charge is 2.36. The molecule has 0 aromatic carbocycles. The number of hydrogen-bond donors (Lipinski definition) is 1. The standard InChI is InChI=1S/C12H20N2O3/c1-3-17-9-6-8(7-9)13-10-4-5-11(15)14(2)12(10)16/h8-10,13H,3-7H2,1-2H3. The molecule has 2 rings (SSSR count). The minimum Gasteiger partial charge on any atom is -0.378 e. The molecule has 1 saturated heterocycles. The fourth-order valence-corrected chi connectivity index (χ4v) is 2.43. The molecule has 2 amide bonds. The number of carbonyl (C=O) groups excluding carboxylic acids is 2. The largest absolute Gasteiger partial charge is 0.378 e. The number of nitrogens with zero attached hydrogens (tertiary/aromatic N) is 1. The quantitative estimate of drug-likeness (QED) is 0.718. The molecule has 0 aromatic rings. The van der Waals surface area contributed by atoms with Crippen LogP contribution in [-0.4, -0.2) is 48.6 Å². The molecule has 1 saturated carbocycles. The molecule has 1 heterocycles. The van der Waals surface area contributed by atoms with Crippen LogP contribution in [0.15, 0.2) is 0 Å². The second-order valence-electron chi connectivity index (χ2n) is 4.79. The van der Waals surface area contributed by atoms with Crippen molar-refractivity contribution >= 4 is 11.8 Å². The van der Waals surface area contributed by atoms with Crippen LogP contribution in [0.2, 0.25) is 0 Å². The predicted octanol–water partition coefficient (Wildman–Crippen LogP) is 0.291. The highest BCUT2D eigenvalue weighted by atomic mass is 16.5. The smallest absolute Gasteiger partial charge is 0.246 e. The lowest BCUT2D eigenvalue weighted by molar-refractivity contribution is -0.148. The summed E-state index contributed by atoms with van der Waals surface area (Å²) in [6, 6.07) is 0.173. The van der Waals surface area contributed by atoms with Crippen molar-refractivity contribution in [3.8, 4) is 0 Å². The average molecular weight is 240 g/mol. The Morgan fingerprint density at radius 3 is 2.76 bits per heavy atom. The van der Waals surface area contributed by atoms with E-state index < -0.39 is 0 Å². The Labute approximate surface area is 101 Å². The zero-order valence-corrected chi connectivity index (χ0v) is 10.4. The van der Waals surface area contributed by atoms with Gasteiger partial charge in [0.05, 0.1) is 12.1 Å². The molecule has 17 heavy (non-hydrogen) atoms. The number of ether oxygens (including phenoxy) is 1. The number of imide groups is 1. The lowest BCUT2D eigenvalue weighted by Gasteiger charge is -2.39. The number of amides is 2. The van der Waals surface area contributed by atoms with Gasteiger partial charge in [0.2, 0.25) is 11.8 Å². The maximum absolute atomic E-state index is 11.8. The fourth-order valence-electron chi connectivity index (χ4n) is 2.43. The first kappa shape index (κ1) is 12.5. The Kier molecular flexibility index (Phi) is 3.79. The molecule has 5 heteroatoms. The molecule has 1 aliphatic carbocycles. The predicted molar refractivity (Wildman–Crippen MR) is 62.4 cm³/mol. The van der Waals surface area contributed by atoms with E-state index in [4.69, 9.17) is 4.74 Å². The zero-order chi connectivity index (χ0) is 12.4. The number of likely N-dealkylation sites (tertiary alicyclic amines) is 1. The Morgan fingerprint density at radius 1 is 1.41 bits per heavy atom. The summed E-state index contributed by atoms with van der Waals surface area (Å²) in [6.45, 7) is 2.74. The molecule has 1 unspecified atom stereocenters. The lowest BCUT2D eigenvalue weighted by atomic mass is 9.87. The summed E-state index contributed by atoms with van der Waals surface area (Å²) < 4.78 is 5.47. The second-order valence-corrected chi connectivity index (χ2v) is 4.79. The zero-order valence-electron chi connectivity index (χ0n) is 10.4. The van der Waals surface area contributed by atoms with E-state index >= 15 is 0 Å². The lowest BCUT2D eigenvalue weighted by Crippen LogP contribution is -2.57. The van der Waals surface area contributed by atoms with Crippen molar-refractivity contribution in [1.82, 2.24) is 10.2 Å².